The number of nitrogens with one attached hydrogen (secondary N) is 2. The molecule has 9 heteroatoms. The fraction of sp³-hybridized carbons (Fsp3) is 0.400. The van der Waals surface area contributed by atoms with Crippen molar-refractivity contribution in [2.24, 2.45) is 0 Å². The van der Waals surface area contributed by atoms with E-state index in [0.29, 0.717) is 30.4 Å². The highest BCUT2D eigenvalue weighted by atomic mass is 32.1. The van der Waals surface area contributed by atoms with Crippen LogP contribution in [-0.2, 0) is 16.1 Å². The first kappa shape index (κ1) is 21.1. The van der Waals surface area contributed by atoms with Gasteiger partial charge in [0.25, 0.3) is 11.5 Å². The first-order valence-electron chi connectivity index (χ1n) is 9.42. The van der Waals surface area contributed by atoms with Crippen molar-refractivity contribution in [3.63, 3.8) is 0 Å². The van der Waals surface area contributed by atoms with Crippen molar-refractivity contribution in [2.45, 2.75) is 27.3 Å². The molecule has 0 spiro atoms. The van der Waals surface area contributed by atoms with Crippen LogP contribution < -0.4 is 15.8 Å². The number of methoxy groups -OCH3 is 1. The minimum absolute atomic E-state index is 0.0722. The Morgan fingerprint density at radius 1 is 1.31 bits per heavy atom. The summed E-state index contributed by atoms with van der Waals surface area (Å²) >= 11 is 1.37. The van der Waals surface area contributed by atoms with E-state index in [1.54, 1.807) is 14.0 Å². The number of hydrogen-bond donors (Lipinski definition) is 2. The smallest absolute Gasteiger partial charge is 0.279 e. The summed E-state index contributed by atoms with van der Waals surface area (Å²) in [5.74, 6) is -0.0722. The monoisotopic (exact) mass is 416 g/mol. The maximum absolute atomic E-state index is 12.7. The van der Waals surface area contributed by atoms with E-state index >= 15 is 0 Å². The quantitative estimate of drug-likeness (QED) is 0.566. The van der Waals surface area contributed by atoms with E-state index in [0.717, 1.165) is 26.7 Å². The third-order valence-corrected chi connectivity index (χ3v) is 5.67. The molecule has 8 nitrogen and oxygen atoms in total. The van der Waals surface area contributed by atoms with Gasteiger partial charge >= 0.3 is 0 Å². The van der Waals surface area contributed by atoms with Gasteiger partial charge in [-0.05, 0) is 38.0 Å². The van der Waals surface area contributed by atoms with Crippen LogP contribution in [0.15, 0.2) is 29.1 Å². The van der Waals surface area contributed by atoms with Crippen LogP contribution in [0.2, 0.25) is 0 Å². The Bertz CT molecular complexity index is 1080. The van der Waals surface area contributed by atoms with Crippen molar-refractivity contribution < 1.29 is 14.4 Å². The summed E-state index contributed by atoms with van der Waals surface area (Å²) in [5.41, 5.74) is 3.50. The molecule has 1 amide bonds. The molecule has 0 saturated carbocycles. The molecule has 3 aromatic rings. The Hall–Kier alpha value is -2.62. The van der Waals surface area contributed by atoms with Crippen LogP contribution >= 0.6 is 11.3 Å². The standard InChI is InChI=1S/C20H25N5O3S/c1-13-6-5-7-16(15(13)3)22-17(26)11-24(8-9-28-4)12-18-23-25-19(27)10-14(2)21-20(25)29-18/h5-7,10H,8-9,11-12H2,1-4H3,(H,22,26)/p+1. The SMILES string of the molecule is COCC[NH+](CC(=O)Nc1cccc(C)c1C)Cc1nn2c(=O)cc(C)nc2s1. The Morgan fingerprint density at radius 3 is 2.86 bits per heavy atom. The van der Waals surface area contributed by atoms with E-state index in [9.17, 15) is 9.59 Å². The summed E-state index contributed by atoms with van der Waals surface area (Å²) in [6.07, 6.45) is 0. The van der Waals surface area contributed by atoms with E-state index in [1.807, 2.05) is 32.0 Å². The Morgan fingerprint density at radius 2 is 2.10 bits per heavy atom. The number of fused-ring (bicyclic) bond motifs is 1. The molecule has 0 saturated heterocycles. The number of carbonyl (C=O) groups excluding carboxylic acids is 1. The molecule has 0 bridgehead atoms. The van der Waals surface area contributed by atoms with Crippen LogP contribution in [-0.4, -0.2) is 47.3 Å². The van der Waals surface area contributed by atoms with Crippen LogP contribution in [0.1, 0.15) is 21.8 Å². The molecule has 0 fully saturated rings. The molecule has 2 N–H and O–H groups in total. The van der Waals surface area contributed by atoms with Gasteiger partial charge in [0, 0.05) is 24.6 Å². The van der Waals surface area contributed by atoms with Gasteiger partial charge in [-0.15, -0.1) is 0 Å². The van der Waals surface area contributed by atoms with Crippen LogP contribution in [0, 0.1) is 20.8 Å². The number of benzene rings is 1. The summed E-state index contributed by atoms with van der Waals surface area (Å²) in [4.78, 5) is 30.7. The molecule has 0 aliphatic rings. The van der Waals surface area contributed by atoms with E-state index in [-0.39, 0.29) is 18.0 Å². The van der Waals surface area contributed by atoms with Crippen molar-refractivity contribution in [1.29, 1.82) is 0 Å². The highest BCUT2D eigenvalue weighted by Gasteiger charge is 2.19. The van der Waals surface area contributed by atoms with Gasteiger partial charge in [0.05, 0.1) is 6.61 Å². The summed E-state index contributed by atoms with van der Waals surface area (Å²) in [7, 11) is 1.64. The lowest BCUT2D eigenvalue weighted by Gasteiger charge is -2.18. The van der Waals surface area contributed by atoms with Gasteiger partial charge in [-0.3, -0.25) is 9.59 Å². The molecule has 2 aromatic heterocycles. The Balaban J connectivity index is 1.74. The van der Waals surface area contributed by atoms with Crippen LogP contribution in [0.4, 0.5) is 5.69 Å². The molecule has 1 unspecified atom stereocenters. The van der Waals surface area contributed by atoms with Gasteiger partial charge in [-0.25, -0.2) is 4.98 Å². The predicted octanol–water partition coefficient (Wildman–Crippen LogP) is 0.746. The van der Waals surface area contributed by atoms with Gasteiger partial charge in [0.15, 0.2) is 11.6 Å². The number of anilines is 1. The highest BCUT2D eigenvalue weighted by molar-refractivity contribution is 7.16. The molecule has 1 atom stereocenters. The number of amides is 1. The Kier molecular flexibility index (Phi) is 6.73. The number of ether oxygens (including phenoxy) is 1. The number of hydrogen-bond acceptors (Lipinski definition) is 6. The molecule has 0 radical (unpaired) electrons. The zero-order valence-electron chi connectivity index (χ0n) is 17.1. The van der Waals surface area contributed by atoms with Gasteiger partial charge in [0.2, 0.25) is 4.96 Å². The molecule has 0 aliphatic heterocycles. The summed E-state index contributed by atoms with van der Waals surface area (Å²) in [5, 5.41) is 8.14. The van der Waals surface area contributed by atoms with Crippen LogP contribution in [0.5, 0.6) is 0 Å². The first-order chi connectivity index (χ1) is 13.9. The van der Waals surface area contributed by atoms with Crippen molar-refractivity contribution >= 4 is 27.9 Å². The third-order valence-electron chi connectivity index (χ3n) is 4.77. The molecule has 1 aromatic carbocycles. The number of aryl methyl sites for hydroxylation is 2. The van der Waals surface area contributed by atoms with Crippen LogP contribution in [0.3, 0.4) is 0 Å². The highest BCUT2D eigenvalue weighted by Crippen LogP contribution is 2.17. The van der Waals surface area contributed by atoms with Gasteiger partial charge < -0.3 is 15.0 Å². The Labute approximate surface area is 173 Å². The summed E-state index contributed by atoms with van der Waals surface area (Å²) in [6.45, 7) is 7.75. The number of rotatable bonds is 8. The second kappa shape index (κ2) is 9.25. The van der Waals surface area contributed by atoms with Gasteiger partial charge in [0.1, 0.15) is 13.1 Å². The lowest BCUT2D eigenvalue weighted by atomic mass is 10.1. The lowest BCUT2D eigenvalue weighted by molar-refractivity contribution is -0.906. The minimum Gasteiger partial charge on any atom is -0.379 e. The van der Waals surface area contributed by atoms with Gasteiger partial charge in [-0.1, -0.05) is 23.5 Å². The second-order valence-corrected chi connectivity index (χ2v) is 8.11. The van der Waals surface area contributed by atoms with Crippen molar-refractivity contribution in [1.82, 2.24) is 14.6 Å². The van der Waals surface area contributed by atoms with Crippen molar-refractivity contribution in [2.75, 3.05) is 32.1 Å². The van der Waals surface area contributed by atoms with E-state index < -0.39 is 0 Å². The zero-order valence-corrected chi connectivity index (χ0v) is 17.9. The average molecular weight is 417 g/mol. The maximum atomic E-state index is 12.7. The molecule has 2 heterocycles. The third kappa shape index (κ3) is 5.26. The zero-order chi connectivity index (χ0) is 21.0. The molecule has 29 heavy (non-hydrogen) atoms. The number of carbonyl (C=O) groups is 1. The molecule has 154 valence electrons. The van der Waals surface area contributed by atoms with Crippen molar-refractivity contribution in [3.8, 4) is 0 Å². The van der Waals surface area contributed by atoms with Gasteiger partial charge in [-0.2, -0.15) is 9.61 Å². The van der Waals surface area contributed by atoms with E-state index in [4.69, 9.17) is 4.74 Å². The summed E-state index contributed by atoms with van der Waals surface area (Å²) in [6, 6.07) is 7.32. The van der Waals surface area contributed by atoms with E-state index in [2.05, 4.69) is 15.4 Å². The molecular weight excluding hydrogens is 390 g/mol. The molecular formula is C20H26N5O3S+. The van der Waals surface area contributed by atoms with Crippen molar-refractivity contribution in [3.05, 3.63) is 56.4 Å². The number of nitrogens with zero attached hydrogens (tertiary/aromatic N) is 3. The number of aromatic nitrogens is 3. The average Bonchev–Trinajstić information content (AvgIpc) is 3.06. The fourth-order valence-corrected chi connectivity index (χ4v) is 4.06. The predicted molar refractivity (Wildman–Crippen MR) is 113 cm³/mol. The normalized spacial score (nSPS) is 12.3. The minimum atomic E-state index is -0.193. The maximum Gasteiger partial charge on any atom is 0.279 e. The lowest BCUT2D eigenvalue weighted by Crippen LogP contribution is -3.12. The largest absolute Gasteiger partial charge is 0.379 e. The topological polar surface area (TPSA) is 90.0 Å². The second-order valence-electron chi connectivity index (χ2n) is 7.07. The van der Waals surface area contributed by atoms with E-state index in [1.165, 1.54) is 21.9 Å². The van der Waals surface area contributed by atoms with Crippen LogP contribution in [0.25, 0.3) is 4.96 Å². The first-order valence-corrected chi connectivity index (χ1v) is 10.2. The molecule has 0 aliphatic carbocycles. The fourth-order valence-electron chi connectivity index (χ4n) is 3.04. The number of quaternary nitrogens is 1. The molecule has 3 rings (SSSR count). The summed E-state index contributed by atoms with van der Waals surface area (Å²) < 4.78 is 6.52.